The van der Waals surface area contributed by atoms with Gasteiger partial charge in [-0.1, -0.05) is 60.7 Å². The van der Waals surface area contributed by atoms with Gasteiger partial charge in [-0.25, -0.2) is 19.1 Å². The summed E-state index contributed by atoms with van der Waals surface area (Å²) in [6.07, 6.45) is -4.88. The molecule has 42 heavy (non-hydrogen) atoms. The molecule has 6 rings (SSSR count). The first-order valence-electron chi connectivity index (χ1n) is 13.8. The number of fused-ring (bicyclic) bond motifs is 1. The van der Waals surface area contributed by atoms with Crippen LogP contribution in [0.5, 0.6) is 0 Å². The lowest BCUT2D eigenvalue weighted by Crippen LogP contribution is -2.50. The van der Waals surface area contributed by atoms with Crippen LogP contribution in [-0.2, 0) is 10.9 Å². The van der Waals surface area contributed by atoms with Gasteiger partial charge in [0.1, 0.15) is 5.84 Å². The summed E-state index contributed by atoms with van der Waals surface area (Å²) < 4.78 is 60.5. The van der Waals surface area contributed by atoms with Crippen molar-refractivity contribution in [2.24, 2.45) is 9.74 Å². The highest BCUT2D eigenvalue weighted by molar-refractivity contribution is 7.70. The third-order valence-electron chi connectivity index (χ3n) is 7.53. The van der Waals surface area contributed by atoms with E-state index in [1.807, 2.05) is 93.2 Å². The number of benzene rings is 3. The van der Waals surface area contributed by atoms with Crippen molar-refractivity contribution in [3.05, 3.63) is 102 Å². The molecule has 1 fully saturated rings. The van der Waals surface area contributed by atoms with Crippen LogP contribution in [0.15, 0.2) is 94.7 Å². The number of alkyl halides is 3. The molecule has 7 nitrogen and oxygen atoms in total. The van der Waals surface area contributed by atoms with E-state index >= 15 is 0 Å². The first-order chi connectivity index (χ1) is 20.1. The molecule has 0 radical (unpaired) electrons. The number of aliphatic imine (C=N–C) groups is 1. The number of para-hydroxylation sites is 1. The number of hydrogen-bond acceptors (Lipinski definition) is 4. The molecule has 2 aliphatic heterocycles. The molecule has 3 aromatic carbocycles. The number of amidine groups is 1. The van der Waals surface area contributed by atoms with E-state index in [0.717, 1.165) is 22.6 Å². The van der Waals surface area contributed by atoms with Crippen LogP contribution >= 0.6 is 7.36 Å². The summed E-state index contributed by atoms with van der Waals surface area (Å²) in [5, 5.41) is 5.68. The quantitative estimate of drug-likeness (QED) is 0.233. The summed E-state index contributed by atoms with van der Waals surface area (Å²) in [6.45, 7) is 6.83. The first-order valence-corrected chi connectivity index (χ1v) is 15.5. The summed E-state index contributed by atoms with van der Waals surface area (Å²) in [5.41, 5.74) is 1.43. The summed E-state index contributed by atoms with van der Waals surface area (Å²) in [5.74, 6) is 1.19. The van der Waals surface area contributed by atoms with Crippen LogP contribution in [0.1, 0.15) is 30.7 Å². The van der Waals surface area contributed by atoms with Gasteiger partial charge in [-0.3, -0.25) is 0 Å². The van der Waals surface area contributed by atoms with E-state index < -0.39 is 19.1 Å². The molecule has 1 aromatic heterocycles. The highest BCUT2D eigenvalue weighted by Gasteiger charge is 2.47. The van der Waals surface area contributed by atoms with Gasteiger partial charge in [0.15, 0.2) is 13.2 Å². The van der Waals surface area contributed by atoms with Gasteiger partial charge in [-0.2, -0.15) is 18.3 Å². The zero-order valence-electron chi connectivity index (χ0n) is 23.8. The maximum absolute atomic E-state index is 14.4. The number of ether oxygens (including phenoxy) is 1. The Labute approximate surface area is 243 Å². The summed E-state index contributed by atoms with van der Waals surface area (Å²) in [6, 6.07) is 24.9. The molecule has 0 spiro atoms. The lowest BCUT2D eigenvalue weighted by atomic mass is 10.2. The Balaban J connectivity index is 1.75. The van der Waals surface area contributed by atoms with Crippen LogP contribution in [0, 0.1) is 6.92 Å². The molecular weight excluding hydrogens is 560 g/mol. The minimum absolute atomic E-state index is 0.107. The van der Waals surface area contributed by atoms with Crippen molar-refractivity contribution >= 4 is 30.0 Å². The number of halogens is 3. The van der Waals surface area contributed by atoms with Gasteiger partial charge < -0.3 is 9.41 Å². The summed E-state index contributed by atoms with van der Waals surface area (Å²) in [7, 11) is -1.31. The molecule has 218 valence electrons. The van der Waals surface area contributed by atoms with E-state index in [1.54, 1.807) is 10.7 Å². The van der Waals surface area contributed by atoms with Crippen LogP contribution in [-0.4, -0.2) is 57.3 Å². The molecular formula is C31H32F3N6OP. The normalized spacial score (nSPS) is 22.9. The fraction of sp³-hybridized carbons (Fsp3) is 0.290. The molecule has 1 saturated heterocycles. The topological polar surface area (TPSA) is 58.3 Å². The highest BCUT2D eigenvalue weighted by atomic mass is 31.2. The van der Waals surface area contributed by atoms with Crippen LogP contribution < -0.4 is 5.30 Å². The van der Waals surface area contributed by atoms with Gasteiger partial charge >= 0.3 is 6.18 Å². The van der Waals surface area contributed by atoms with Gasteiger partial charge in [0.2, 0.25) is 0 Å². The molecule has 4 aromatic rings. The maximum Gasteiger partial charge on any atom is 0.418 e. The number of nitrogens with zero attached hydrogens (tertiary/aromatic N) is 6. The smallest absolute Gasteiger partial charge is 0.373 e. The minimum Gasteiger partial charge on any atom is -0.373 e. The molecule has 0 amide bonds. The van der Waals surface area contributed by atoms with Crippen molar-refractivity contribution in [1.82, 2.24) is 19.1 Å². The number of morpholine rings is 1. The third-order valence-corrected chi connectivity index (χ3v) is 11.3. The van der Waals surface area contributed by atoms with Crippen molar-refractivity contribution < 1.29 is 17.9 Å². The lowest BCUT2D eigenvalue weighted by molar-refractivity contribution is -0.137. The Kier molecular flexibility index (Phi) is 7.33. The van der Waals surface area contributed by atoms with E-state index in [1.165, 1.54) is 12.1 Å². The van der Waals surface area contributed by atoms with Gasteiger partial charge in [-0.05, 0) is 45.0 Å². The molecule has 0 saturated carbocycles. The SMILES string of the molecule is Cc1nn(-c2ccccc2)c2c1[P@](=Nc1ccccc1C(F)(F)F)(N1C[C@@H](C)O[C@H](C)C1)N(C)C(c1ccccc1)=N2. The van der Waals surface area contributed by atoms with Crippen LogP contribution in [0.2, 0.25) is 0 Å². The second-order valence-corrected chi connectivity index (χ2v) is 13.6. The summed E-state index contributed by atoms with van der Waals surface area (Å²) >= 11 is 0. The average Bonchev–Trinajstić information content (AvgIpc) is 3.30. The van der Waals surface area contributed by atoms with Crippen molar-refractivity contribution in [3.63, 3.8) is 0 Å². The highest BCUT2D eigenvalue weighted by Crippen LogP contribution is 2.63. The Hall–Kier alpha value is -3.72. The lowest BCUT2D eigenvalue weighted by Gasteiger charge is -2.49. The van der Waals surface area contributed by atoms with Crippen molar-refractivity contribution in [3.8, 4) is 5.69 Å². The number of aryl methyl sites for hydroxylation is 1. The fourth-order valence-electron chi connectivity index (χ4n) is 5.84. The standard InChI is InChI=1S/C31H32F3N6OP/c1-21-19-39(20-22(2)41-21)42(37-27-18-12-11-17-26(27)31(32,33)34)28-23(3)36-40(25-15-9-6-10-16-25)30(28)35-29(38(42)4)24-13-7-5-8-14-24/h5-18,21-22H,19-20H2,1-4H3/t21-,22-,42-/m1/s1. The van der Waals surface area contributed by atoms with Crippen LogP contribution in [0.25, 0.3) is 5.69 Å². The third kappa shape index (κ3) is 4.87. The predicted molar refractivity (Wildman–Crippen MR) is 160 cm³/mol. The molecule has 0 unspecified atom stereocenters. The van der Waals surface area contributed by atoms with Gasteiger partial charge in [0.05, 0.1) is 40.1 Å². The molecule has 0 N–H and O–H groups in total. The molecule has 0 bridgehead atoms. The van der Waals surface area contributed by atoms with E-state index in [4.69, 9.17) is 19.6 Å². The number of rotatable bonds is 4. The number of hydrogen-bond donors (Lipinski definition) is 0. The largest absolute Gasteiger partial charge is 0.418 e. The van der Waals surface area contributed by atoms with Crippen molar-refractivity contribution in [2.75, 3.05) is 20.1 Å². The predicted octanol–water partition coefficient (Wildman–Crippen LogP) is 7.32. The molecule has 3 atom stereocenters. The van der Waals surface area contributed by atoms with Crippen molar-refractivity contribution in [1.29, 1.82) is 0 Å². The number of aromatic nitrogens is 2. The Morgan fingerprint density at radius 1 is 0.881 bits per heavy atom. The maximum atomic E-state index is 14.4. The monoisotopic (exact) mass is 592 g/mol. The first kappa shape index (κ1) is 28.4. The van der Waals surface area contributed by atoms with Crippen LogP contribution in [0.3, 0.4) is 0 Å². The summed E-state index contributed by atoms with van der Waals surface area (Å²) in [4.78, 5) is 5.17. The van der Waals surface area contributed by atoms with E-state index in [0.29, 0.717) is 30.4 Å². The zero-order chi connectivity index (χ0) is 29.6. The zero-order valence-corrected chi connectivity index (χ0v) is 24.7. The minimum atomic E-state index is -4.58. The van der Waals surface area contributed by atoms with Gasteiger partial charge in [-0.15, -0.1) is 0 Å². The van der Waals surface area contributed by atoms with E-state index in [9.17, 15) is 13.2 Å². The van der Waals surface area contributed by atoms with Crippen LogP contribution in [0.4, 0.5) is 24.7 Å². The molecule has 2 aliphatic rings. The second-order valence-electron chi connectivity index (χ2n) is 10.6. The fourth-order valence-corrected chi connectivity index (χ4v) is 9.87. The Morgan fingerprint density at radius 3 is 2.12 bits per heavy atom. The van der Waals surface area contributed by atoms with E-state index in [2.05, 4.69) is 4.67 Å². The molecule has 3 heterocycles. The van der Waals surface area contributed by atoms with E-state index in [-0.39, 0.29) is 17.9 Å². The van der Waals surface area contributed by atoms with Gasteiger partial charge in [0.25, 0.3) is 0 Å². The van der Waals surface area contributed by atoms with Crippen molar-refractivity contribution in [2.45, 2.75) is 39.2 Å². The molecule has 0 aliphatic carbocycles. The van der Waals surface area contributed by atoms with Gasteiger partial charge in [0, 0.05) is 25.7 Å². The Bertz CT molecular complexity index is 1680. The second kappa shape index (κ2) is 10.8. The molecule has 11 heteroatoms. The Morgan fingerprint density at radius 2 is 1.48 bits per heavy atom. The average molecular weight is 593 g/mol.